The van der Waals surface area contributed by atoms with Crippen LogP contribution in [0.4, 0.5) is 0 Å². The third kappa shape index (κ3) is 5.10. The molecule has 1 saturated heterocycles. The van der Waals surface area contributed by atoms with Gasteiger partial charge in [0.1, 0.15) is 12.2 Å². The van der Waals surface area contributed by atoms with E-state index in [9.17, 15) is 9.59 Å². The van der Waals surface area contributed by atoms with Gasteiger partial charge in [0, 0.05) is 11.1 Å². The first-order valence-corrected chi connectivity index (χ1v) is 14.8. The molecular formula is C26H32N2O4Si. The SMILES string of the molecule is CC1(C)O[C@@H]2[C@H](O1)[C@@H](NC(=O)c1ccccc1)C=C([Si](C)(C)C)[C@H]2NC(=O)c1ccccc1. The lowest BCUT2D eigenvalue weighted by atomic mass is 9.91. The van der Waals surface area contributed by atoms with Gasteiger partial charge < -0.3 is 20.1 Å². The molecule has 0 bridgehead atoms. The van der Waals surface area contributed by atoms with E-state index in [4.69, 9.17) is 9.47 Å². The molecule has 1 heterocycles. The second-order valence-electron chi connectivity index (χ2n) is 10.1. The van der Waals surface area contributed by atoms with E-state index < -0.39 is 26.1 Å². The molecule has 2 aromatic rings. The second-order valence-corrected chi connectivity index (χ2v) is 15.2. The van der Waals surface area contributed by atoms with Crippen molar-refractivity contribution < 1.29 is 19.1 Å². The Balaban J connectivity index is 1.68. The monoisotopic (exact) mass is 464 g/mol. The zero-order chi connectivity index (χ0) is 23.8. The molecule has 7 heteroatoms. The van der Waals surface area contributed by atoms with Gasteiger partial charge in [-0.2, -0.15) is 0 Å². The highest BCUT2D eigenvalue weighted by molar-refractivity contribution is 6.83. The largest absolute Gasteiger partial charge is 0.343 e. The molecule has 2 amide bonds. The number of amides is 2. The molecule has 6 nitrogen and oxygen atoms in total. The van der Waals surface area contributed by atoms with Gasteiger partial charge in [0.05, 0.1) is 20.2 Å². The van der Waals surface area contributed by atoms with Crippen molar-refractivity contribution >= 4 is 19.9 Å². The summed E-state index contributed by atoms with van der Waals surface area (Å²) in [6.07, 6.45) is 1.25. The van der Waals surface area contributed by atoms with Crippen molar-refractivity contribution in [2.45, 2.75) is 63.6 Å². The number of carbonyl (C=O) groups is 2. The van der Waals surface area contributed by atoms with Crippen molar-refractivity contribution in [1.82, 2.24) is 10.6 Å². The summed E-state index contributed by atoms with van der Waals surface area (Å²) in [7, 11) is -1.91. The predicted molar refractivity (Wildman–Crippen MR) is 131 cm³/mol. The Morgan fingerprint density at radius 3 is 1.79 bits per heavy atom. The van der Waals surface area contributed by atoms with E-state index in [1.165, 1.54) is 0 Å². The van der Waals surface area contributed by atoms with Gasteiger partial charge in [-0.15, -0.1) is 0 Å². The van der Waals surface area contributed by atoms with E-state index in [0.29, 0.717) is 11.1 Å². The standard InChI is InChI=1S/C26H32N2O4Si/c1-26(2)31-22-19(27-24(29)17-12-8-6-9-13-17)16-20(33(3,4)5)21(23(22)32-26)28-25(30)18-14-10-7-11-15-18/h6-16,19,21-23H,1-5H3,(H,27,29)(H,28,30)/t19-,21+,22+,23-/m0/s1. The lowest BCUT2D eigenvalue weighted by Gasteiger charge is -2.41. The average Bonchev–Trinajstić information content (AvgIpc) is 3.11. The van der Waals surface area contributed by atoms with E-state index >= 15 is 0 Å². The molecule has 2 aliphatic rings. The van der Waals surface area contributed by atoms with E-state index in [-0.39, 0.29) is 23.9 Å². The maximum absolute atomic E-state index is 13.1. The van der Waals surface area contributed by atoms with Gasteiger partial charge in [0.25, 0.3) is 11.8 Å². The van der Waals surface area contributed by atoms with Crippen molar-refractivity contribution in [3.63, 3.8) is 0 Å². The summed E-state index contributed by atoms with van der Waals surface area (Å²) >= 11 is 0. The summed E-state index contributed by atoms with van der Waals surface area (Å²) in [5, 5.41) is 7.49. The van der Waals surface area contributed by atoms with Crippen molar-refractivity contribution in [3.05, 3.63) is 83.1 Å². The summed E-state index contributed by atoms with van der Waals surface area (Å²) in [5.74, 6) is -1.14. The number of benzene rings is 2. The number of nitrogens with one attached hydrogen (secondary N) is 2. The van der Waals surface area contributed by atoms with Crippen molar-refractivity contribution in [2.75, 3.05) is 0 Å². The van der Waals surface area contributed by atoms with Crippen LogP contribution in [0.2, 0.25) is 19.6 Å². The lowest BCUT2D eigenvalue weighted by Crippen LogP contribution is -2.61. The summed E-state index contributed by atoms with van der Waals surface area (Å²) in [6, 6.07) is 17.6. The zero-order valence-corrected chi connectivity index (χ0v) is 20.8. The third-order valence-corrected chi connectivity index (χ3v) is 8.27. The summed E-state index contributed by atoms with van der Waals surface area (Å²) in [4.78, 5) is 26.1. The Morgan fingerprint density at radius 1 is 0.788 bits per heavy atom. The minimum absolute atomic E-state index is 0.149. The topological polar surface area (TPSA) is 76.7 Å². The van der Waals surface area contributed by atoms with Crippen LogP contribution in [0.25, 0.3) is 0 Å². The van der Waals surface area contributed by atoms with E-state index in [1.54, 1.807) is 24.3 Å². The minimum atomic E-state index is -1.91. The van der Waals surface area contributed by atoms with Crippen LogP contribution in [0.5, 0.6) is 0 Å². The molecule has 33 heavy (non-hydrogen) atoms. The molecule has 0 saturated carbocycles. The van der Waals surface area contributed by atoms with E-state index in [2.05, 4.69) is 36.4 Å². The highest BCUT2D eigenvalue weighted by atomic mass is 28.3. The van der Waals surface area contributed by atoms with Crippen LogP contribution in [0, 0.1) is 0 Å². The Labute approximate surface area is 196 Å². The molecule has 2 aromatic carbocycles. The maximum atomic E-state index is 13.1. The van der Waals surface area contributed by atoms with Gasteiger partial charge in [0.2, 0.25) is 0 Å². The maximum Gasteiger partial charge on any atom is 0.251 e. The molecule has 174 valence electrons. The van der Waals surface area contributed by atoms with Gasteiger partial charge >= 0.3 is 0 Å². The number of fused-ring (bicyclic) bond motifs is 1. The quantitative estimate of drug-likeness (QED) is 0.658. The first-order chi connectivity index (χ1) is 15.5. The lowest BCUT2D eigenvalue weighted by molar-refractivity contribution is -0.147. The fraction of sp³-hybridized carbons (Fsp3) is 0.385. The normalized spacial score (nSPS) is 26.2. The summed E-state index contributed by atoms with van der Waals surface area (Å²) in [6.45, 7) is 10.4. The number of carbonyl (C=O) groups excluding carboxylic acids is 2. The molecule has 0 radical (unpaired) electrons. The van der Waals surface area contributed by atoms with Crippen LogP contribution in [-0.2, 0) is 9.47 Å². The number of hydrogen-bond acceptors (Lipinski definition) is 4. The second kappa shape index (κ2) is 8.89. The van der Waals surface area contributed by atoms with Crippen molar-refractivity contribution in [1.29, 1.82) is 0 Å². The molecule has 4 atom stereocenters. The van der Waals surface area contributed by atoms with E-state index in [1.807, 2.05) is 50.2 Å². The Hall–Kier alpha value is -2.74. The smallest absolute Gasteiger partial charge is 0.251 e. The Kier molecular flexibility index (Phi) is 6.31. The van der Waals surface area contributed by atoms with Crippen LogP contribution in [-0.4, -0.2) is 50.0 Å². The molecule has 0 spiro atoms. The van der Waals surface area contributed by atoms with Gasteiger partial charge in [-0.1, -0.05) is 67.3 Å². The summed E-state index contributed by atoms with van der Waals surface area (Å²) in [5.41, 5.74) is 1.19. The molecular weight excluding hydrogens is 432 g/mol. The van der Waals surface area contributed by atoms with Crippen LogP contribution in [0.3, 0.4) is 0 Å². The van der Waals surface area contributed by atoms with Crippen LogP contribution < -0.4 is 10.6 Å². The van der Waals surface area contributed by atoms with Crippen LogP contribution in [0.15, 0.2) is 71.9 Å². The average molecular weight is 465 g/mol. The van der Waals surface area contributed by atoms with Crippen LogP contribution in [0.1, 0.15) is 34.6 Å². The number of ether oxygens (including phenoxy) is 2. The predicted octanol–water partition coefficient (Wildman–Crippen LogP) is 3.92. The summed E-state index contributed by atoms with van der Waals surface area (Å²) < 4.78 is 12.6. The molecule has 1 aliphatic carbocycles. The molecule has 0 unspecified atom stereocenters. The fourth-order valence-electron chi connectivity index (χ4n) is 4.56. The van der Waals surface area contributed by atoms with E-state index in [0.717, 1.165) is 5.20 Å². The van der Waals surface area contributed by atoms with Gasteiger partial charge in [0.15, 0.2) is 5.79 Å². The highest BCUT2D eigenvalue weighted by Gasteiger charge is 2.53. The number of hydrogen-bond donors (Lipinski definition) is 2. The van der Waals surface area contributed by atoms with Crippen molar-refractivity contribution in [2.24, 2.45) is 0 Å². The zero-order valence-electron chi connectivity index (χ0n) is 19.8. The first kappa shape index (κ1) is 23.4. The first-order valence-electron chi connectivity index (χ1n) is 11.3. The molecule has 1 fully saturated rings. The van der Waals surface area contributed by atoms with Gasteiger partial charge in [-0.3, -0.25) is 9.59 Å². The van der Waals surface area contributed by atoms with Crippen LogP contribution >= 0.6 is 0 Å². The molecule has 2 N–H and O–H groups in total. The Bertz CT molecular complexity index is 1050. The fourth-order valence-corrected chi connectivity index (χ4v) is 6.41. The molecule has 1 aliphatic heterocycles. The van der Waals surface area contributed by atoms with Crippen molar-refractivity contribution in [3.8, 4) is 0 Å². The highest BCUT2D eigenvalue weighted by Crippen LogP contribution is 2.39. The number of rotatable bonds is 5. The van der Waals surface area contributed by atoms with Gasteiger partial charge in [-0.25, -0.2) is 0 Å². The third-order valence-electron chi connectivity index (χ3n) is 6.06. The minimum Gasteiger partial charge on any atom is -0.343 e. The molecule has 4 rings (SSSR count). The Morgan fingerprint density at radius 2 is 1.27 bits per heavy atom. The van der Waals surface area contributed by atoms with Gasteiger partial charge in [-0.05, 0) is 38.1 Å². The molecule has 0 aromatic heterocycles.